The molecule has 2 N–H and O–H groups in total. The van der Waals surface area contributed by atoms with Gasteiger partial charge in [-0.05, 0) is 48.5 Å². The van der Waals surface area contributed by atoms with Gasteiger partial charge in [-0.25, -0.2) is 9.37 Å². The quantitative estimate of drug-likeness (QED) is 0.661. The molecule has 0 amide bonds. The Labute approximate surface area is 142 Å². The van der Waals surface area contributed by atoms with E-state index in [1.807, 2.05) is 0 Å². The van der Waals surface area contributed by atoms with E-state index in [9.17, 15) is 4.39 Å². The molecule has 116 valence electrons. The van der Waals surface area contributed by atoms with Gasteiger partial charge in [-0.15, -0.1) is 0 Å². The van der Waals surface area contributed by atoms with Crippen LogP contribution < -0.4 is 10.6 Å². The molecule has 23 heavy (non-hydrogen) atoms. The summed E-state index contributed by atoms with van der Waals surface area (Å²) in [4.78, 5) is 8.05. The van der Waals surface area contributed by atoms with Gasteiger partial charge in [-0.2, -0.15) is 4.98 Å². The topological polar surface area (TPSA) is 49.8 Å². The van der Waals surface area contributed by atoms with E-state index < -0.39 is 5.82 Å². The fraction of sp³-hybridized carbons (Fsp3) is 0. The van der Waals surface area contributed by atoms with E-state index in [1.54, 1.807) is 48.5 Å². The summed E-state index contributed by atoms with van der Waals surface area (Å²) in [5.74, 6) is -0.217. The van der Waals surface area contributed by atoms with Crippen LogP contribution in [0.3, 0.4) is 0 Å². The van der Waals surface area contributed by atoms with Crippen LogP contribution in [0.25, 0.3) is 0 Å². The van der Waals surface area contributed by atoms with Crippen molar-refractivity contribution in [1.29, 1.82) is 0 Å². The summed E-state index contributed by atoms with van der Waals surface area (Å²) < 4.78 is 13.9. The zero-order chi connectivity index (χ0) is 16.2. The lowest BCUT2D eigenvalue weighted by atomic mass is 10.3. The molecule has 0 saturated carbocycles. The number of benzene rings is 2. The zero-order valence-corrected chi connectivity index (χ0v) is 13.2. The molecule has 0 aliphatic rings. The molecular weight excluding hydrogens is 338 g/mol. The Hall–Kier alpha value is -2.37. The lowest BCUT2D eigenvalue weighted by Gasteiger charge is -2.09. The average Bonchev–Trinajstić information content (AvgIpc) is 2.55. The Kier molecular flexibility index (Phi) is 4.60. The van der Waals surface area contributed by atoms with Crippen LogP contribution in [0.1, 0.15) is 0 Å². The van der Waals surface area contributed by atoms with E-state index in [2.05, 4.69) is 20.6 Å². The van der Waals surface area contributed by atoms with Crippen LogP contribution in [0.15, 0.2) is 54.7 Å². The highest BCUT2D eigenvalue weighted by Crippen LogP contribution is 2.22. The van der Waals surface area contributed by atoms with E-state index >= 15 is 0 Å². The summed E-state index contributed by atoms with van der Waals surface area (Å²) in [5, 5.41) is 7.10. The second kappa shape index (κ2) is 6.81. The number of halogens is 3. The number of rotatable bonds is 4. The van der Waals surface area contributed by atoms with Gasteiger partial charge in [0, 0.05) is 21.4 Å². The Bertz CT molecular complexity index is 807. The van der Waals surface area contributed by atoms with Crippen molar-refractivity contribution < 1.29 is 4.39 Å². The molecule has 1 heterocycles. The van der Waals surface area contributed by atoms with Gasteiger partial charge in [0.05, 0.1) is 6.20 Å². The molecule has 0 fully saturated rings. The van der Waals surface area contributed by atoms with Crippen molar-refractivity contribution in [3.63, 3.8) is 0 Å². The molecule has 4 nitrogen and oxygen atoms in total. The molecule has 3 rings (SSSR count). The minimum Gasteiger partial charge on any atom is -0.338 e. The van der Waals surface area contributed by atoms with E-state index in [1.165, 1.54) is 0 Å². The maximum absolute atomic E-state index is 13.9. The monoisotopic (exact) mass is 348 g/mol. The van der Waals surface area contributed by atoms with Crippen molar-refractivity contribution in [2.45, 2.75) is 0 Å². The first-order valence-corrected chi connectivity index (χ1v) is 7.43. The summed E-state index contributed by atoms with van der Waals surface area (Å²) >= 11 is 11.7. The number of hydrogen-bond acceptors (Lipinski definition) is 4. The maximum atomic E-state index is 13.9. The molecule has 0 saturated heterocycles. The molecule has 0 bridgehead atoms. The van der Waals surface area contributed by atoms with Crippen molar-refractivity contribution in [2.75, 3.05) is 10.6 Å². The third-order valence-corrected chi connectivity index (χ3v) is 3.46. The number of nitrogens with one attached hydrogen (secondary N) is 2. The third kappa shape index (κ3) is 4.09. The lowest BCUT2D eigenvalue weighted by Crippen LogP contribution is -2.03. The van der Waals surface area contributed by atoms with Crippen molar-refractivity contribution >= 4 is 46.3 Å². The molecule has 3 aromatic rings. The van der Waals surface area contributed by atoms with Crippen LogP contribution in [0, 0.1) is 5.82 Å². The molecule has 0 radical (unpaired) electrons. The molecule has 0 aliphatic carbocycles. The maximum Gasteiger partial charge on any atom is 0.229 e. The van der Waals surface area contributed by atoms with Gasteiger partial charge < -0.3 is 10.6 Å². The van der Waals surface area contributed by atoms with E-state index in [4.69, 9.17) is 23.2 Å². The average molecular weight is 349 g/mol. The van der Waals surface area contributed by atoms with E-state index in [-0.39, 0.29) is 11.8 Å². The second-order valence-electron chi connectivity index (χ2n) is 4.65. The highest BCUT2D eigenvalue weighted by molar-refractivity contribution is 6.30. The van der Waals surface area contributed by atoms with Crippen molar-refractivity contribution in [2.24, 2.45) is 0 Å². The van der Waals surface area contributed by atoms with Crippen LogP contribution in [0.4, 0.5) is 27.5 Å². The van der Waals surface area contributed by atoms with Gasteiger partial charge in [0.2, 0.25) is 5.95 Å². The molecule has 1 aromatic heterocycles. The highest BCUT2D eigenvalue weighted by atomic mass is 35.5. The molecule has 0 aliphatic heterocycles. The molecule has 0 spiro atoms. The first-order valence-electron chi connectivity index (χ1n) is 6.68. The van der Waals surface area contributed by atoms with E-state index in [0.29, 0.717) is 15.7 Å². The van der Waals surface area contributed by atoms with Gasteiger partial charge in [0.25, 0.3) is 0 Å². The largest absolute Gasteiger partial charge is 0.338 e. The first-order chi connectivity index (χ1) is 11.1. The summed E-state index contributed by atoms with van der Waals surface area (Å²) in [5.41, 5.74) is 1.42. The fourth-order valence-corrected chi connectivity index (χ4v) is 2.10. The normalized spacial score (nSPS) is 10.4. The lowest BCUT2D eigenvalue weighted by molar-refractivity contribution is 0.619. The molecular formula is C16H11Cl2FN4. The molecule has 7 heteroatoms. The standard InChI is InChI=1S/C16H11Cl2FN4/c17-10-1-5-12(6-2-10)21-15-14(19)9-20-16(23-15)22-13-7-3-11(18)4-8-13/h1-9H,(H2,20,21,22,23). The van der Waals surface area contributed by atoms with Gasteiger partial charge in [-0.1, -0.05) is 23.2 Å². The summed E-state index contributed by atoms with van der Waals surface area (Å²) in [6.45, 7) is 0. The van der Waals surface area contributed by atoms with Crippen molar-refractivity contribution in [3.05, 3.63) is 70.6 Å². The van der Waals surface area contributed by atoms with Gasteiger partial charge in [0.1, 0.15) is 0 Å². The minimum atomic E-state index is -0.554. The van der Waals surface area contributed by atoms with Gasteiger partial charge in [-0.3, -0.25) is 0 Å². The number of aromatic nitrogens is 2. The van der Waals surface area contributed by atoms with Crippen LogP contribution in [-0.2, 0) is 0 Å². The van der Waals surface area contributed by atoms with Crippen LogP contribution in [0.2, 0.25) is 10.0 Å². The van der Waals surface area contributed by atoms with E-state index in [0.717, 1.165) is 11.9 Å². The highest BCUT2D eigenvalue weighted by Gasteiger charge is 2.08. The minimum absolute atomic E-state index is 0.0683. The van der Waals surface area contributed by atoms with Crippen molar-refractivity contribution in [1.82, 2.24) is 9.97 Å². The second-order valence-corrected chi connectivity index (χ2v) is 5.53. The Morgan fingerprint density at radius 3 is 1.87 bits per heavy atom. The zero-order valence-electron chi connectivity index (χ0n) is 11.7. The molecule has 0 atom stereocenters. The Morgan fingerprint density at radius 2 is 1.30 bits per heavy atom. The third-order valence-electron chi connectivity index (χ3n) is 2.95. The van der Waals surface area contributed by atoms with Crippen molar-refractivity contribution in [3.8, 4) is 0 Å². The summed E-state index contributed by atoms with van der Waals surface area (Å²) in [7, 11) is 0. The summed E-state index contributed by atoms with van der Waals surface area (Å²) in [6, 6.07) is 13.9. The fourth-order valence-electron chi connectivity index (χ4n) is 1.85. The SMILES string of the molecule is Fc1cnc(Nc2ccc(Cl)cc2)nc1Nc1ccc(Cl)cc1. The van der Waals surface area contributed by atoms with Gasteiger partial charge >= 0.3 is 0 Å². The molecule has 2 aromatic carbocycles. The Balaban J connectivity index is 1.81. The number of hydrogen-bond donors (Lipinski definition) is 2. The number of anilines is 4. The smallest absolute Gasteiger partial charge is 0.229 e. The molecule has 0 unspecified atom stereocenters. The number of nitrogens with zero attached hydrogens (tertiary/aromatic N) is 2. The predicted molar refractivity (Wildman–Crippen MR) is 91.5 cm³/mol. The Morgan fingerprint density at radius 1 is 0.783 bits per heavy atom. The van der Waals surface area contributed by atoms with Gasteiger partial charge in [0.15, 0.2) is 11.6 Å². The van der Waals surface area contributed by atoms with Crippen LogP contribution >= 0.6 is 23.2 Å². The first kappa shape index (κ1) is 15.5. The summed E-state index contributed by atoms with van der Waals surface area (Å²) in [6.07, 6.45) is 1.10. The predicted octanol–water partition coefficient (Wildman–Crippen LogP) is 5.41. The van der Waals surface area contributed by atoms with Crippen LogP contribution in [-0.4, -0.2) is 9.97 Å². The van der Waals surface area contributed by atoms with Crippen LogP contribution in [0.5, 0.6) is 0 Å².